The van der Waals surface area contributed by atoms with Gasteiger partial charge in [0.1, 0.15) is 5.69 Å². The Morgan fingerprint density at radius 3 is 2.43 bits per heavy atom. The maximum absolute atomic E-state index is 6.20. The molecule has 5 nitrogen and oxygen atoms in total. The van der Waals surface area contributed by atoms with Gasteiger partial charge in [0.05, 0.1) is 17.6 Å². The fraction of sp³-hybridized carbons (Fsp3) is 0.174. The van der Waals surface area contributed by atoms with E-state index >= 15 is 0 Å². The van der Waals surface area contributed by atoms with Crippen LogP contribution in [0.5, 0.6) is 0 Å². The molecule has 3 aromatic rings. The summed E-state index contributed by atoms with van der Waals surface area (Å²) >= 11 is 0. The Morgan fingerprint density at radius 2 is 1.75 bits per heavy atom. The number of benzene rings is 2. The van der Waals surface area contributed by atoms with Crippen LogP contribution < -0.4 is 11.5 Å². The zero-order valence-corrected chi connectivity index (χ0v) is 16.3. The maximum atomic E-state index is 6.20. The number of aliphatic imine (C=N–C) groups is 1. The summed E-state index contributed by atoms with van der Waals surface area (Å²) in [7, 11) is 0. The topological polar surface area (TPSA) is 90.2 Å². The molecular formula is C23H25N5. The summed E-state index contributed by atoms with van der Waals surface area (Å²) in [5, 5.41) is 0. The summed E-state index contributed by atoms with van der Waals surface area (Å²) in [6, 6.07) is 16.3. The average molecular weight is 371 g/mol. The van der Waals surface area contributed by atoms with Gasteiger partial charge in [0.25, 0.3) is 0 Å². The summed E-state index contributed by atoms with van der Waals surface area (Å²) in [5.74, 6) is 0.439. The molecule has 0 spiro atoms. The van der Waals surface area contributed by atoms with Crippen molar-refractivity contribution in [3.05, 3.63) is 83.7 Å². The van der Waals surface area contributed by atoms with Gasteiger partial charge in [-0.15, -0.1) is 0 Å². The Labute approximate surface area is 165 Å². The lowest BCUT2D eigenvalue weighted by molar-refractivity contribution is 1.13. The fourth-order valence-corrected chi connectivity index (χ4v) is 2.87. The van der Waals surface area contributed by atoms with Crippen LogP contribution in [-0.4, -0.2) is 15.8 Å². The molecule has 0 aliphatic rings. The van der Waals surface area contributed by atoms with E-state index in [1.807, 2.05) is 24.3 Å². The van der Waals surface area contributed by atoms with Gasteiger partial charge in [-0.2, -0.15) is 0 Å². The van der Waals surface area contributed by atoms with Crippen molar-refractivity contribution >= 4 is 17.4 Å². The van der Waals surface area contributed by atoms with Crippen molar-refractivity contribution < 1.29 is 0 Å². The normalized spacial score (nSPS) is 11.4. The molecule has 1 aromatic heterocycles. The number of hydrogen-bond donors (Lipinski definition) is 2. The minimum absolute atomic E-state index is 0.198. The summed E-state index contributed by atoms with van der Waals surface area (Å²) in [5.41, 5.74) is 18.2. The minimum Gasteiger partial charge on any atom is -0.382 e. The number of amidine groups is 1. The number of nitrogens with two attached hydrogens (primary N) is 2. The van der Waals surface area contributed by atoms with Crippen LogP contribution in [0.3, 0.4) is 0 Å². The second-order valence-corrected chi connectivity index (χ2v) is 6.54. The molecule has 0 bridgehead atoms. The first-order valence-electron chi connectivity index (χ1n) is 9.36. The van der Waals surface area contributed by atoms with Gasteiger partial charge < -0.3 is 11.5 Å². The molecule has 0 fully saturated rings. The summed E-state index contributed by atoms with van der Waals surface area (Å²) in [4.78, 5) is 13.3. The fourth-order valence-electron chi connectivity index (χ4n) is 2.87. The van der Waals surface area contributed by atoms with E-state index < -0.39 is 0 Å². The van der Waals surface area contributed by atoms with E-state index in [2.05, 4.69) is 59.7 Å². The highest BCUT2D eigenvalue weighted by Gasteiger charge is 2.11. The van der Waals surface area contributed by atoms with Crippen molar-refractivity contribution in [3.8, 4) is 11.3 Å². The first kappa shape index (κ1) is 19.3. The summed E-state index contributed by atoms with van der Waals surface area (Å²) in [6.07, 6.45) is 3.57. The van der Waals surface area contributed by atoms with E-state index in [0.717, 1.165) is 24.0 Å². The highest BCUT2D eigenvalue weighted by atomic mass is 15.0. The van der Waals surface area contributed by atoms with Crippen LogP contribution in [0.15, 0.2) is 66.3 Å². The molecule has 5 heteroatoms. The van der Waals surface area contributed by atoms with Gasteiger partial charge in [0.2, 0.25) is 0 Å². The smallest absolute Gasteiger partial charge is 0.153 e. The highest BCUT2D eigenvalue weighted by Crippen LogP contribution is 2.21. The molecule has 0 saturated carbocycles. The molecule has 142 valence electrons. The van der Waals surface area contributed by atoms with Gasteiger partial charge in [-0.1, -0.05) is 62.9 Å². The zero-order chi connectivity index (χ0) is 20.1. The van der Waals surface area contributed by atoms with Crippen LogP contribution in [0, 0.1) is 0 Å². The number of aromatic nitrogens is 2. The lowest BCUT2D eigenvalue weighted by Gasteiger charge is -2.09. The first-order chi connectivity index (χ1) is 13.5. The van der Waals surface area contributed by atoms with Crippen molar-refractivity contribution in [1.82, 2.24) is 9.97 Å². The monoisotopic (exact) mass is 371 g/mol. The van der Waals surface area contributed by atoms with Crippen molar-refractivity contribution in [2.75, 3.05) is 5.73 Å². The van der Waals surface area contributed by atoms with Gasteiger partial charge in [-0.3, -0.25) is 0 Å². The van der Waals surface area contributed by atoms with E-state index in [0.29, 0.717) is 17.1 Å². The van der Waals surface area contributed by atoms with Gasteiger partial charge in [0.15, 0.2) is 11.7 Å². The Morgan fingerprint density at radius 1 is 1.04 bits per heavy atom. The lowest BCUT2D eigenvalue weighted by atomic mass is 10.1. The number of anilines is 1. The molecule has 0 aliphatic carbocycles. The Kier molecular flexibility index (Phi) is 5.84. The molecule has 0 amide bonds. The summed E-state index contributed by atoms with van der Waals surface area (Å²) < 4.78 is 0. The number of hydrogen-bond acceptors (Lipinski definition) is 4. The SMILES string of the molecule is C=C(N=C(N)c1nc(-c2ccc(CC)cc2)cnc1N)c1cccc(CC)c1. The van der Waals surface area contributed by atoms with Crippen LogP contribution in [0.1, 0.15) is 36.2 Å². The van der Waals surface area contributed by atoms with Gasteiger partial charge in [0, 0.05) is 5.56 Å². The van der Waals surface area contributed by atoms with E-state index in [9.17, 15) is 0 Å². The average Bonchev–Trinajstić information content (AvgIpc) is 2.74. The third-order valence-corrected chi connectivity index (χ3v) is 4.63. The predicted molar refractivity (Wildman–Crippen MR) is 117 cm³/mol. The second kappa shape index (κ2) is 8.48. The third kappa shape index (κ3) is 4.26. The van der Waals surface area contributed by atoms with Crippen molar-refractivity contribution in [3.63, 3.8) is 0 Å². The molecule has 2 aromatic carbocycles. The lowest BCUT2D eigenvalue weighted by Crippen LogP contribution is -2.18. The highest BCUT2D eigenvalue weighted by molar-refractivity contribution is 6.02. The maximum Gasteiger partial charge on any atom is 0.153 e. The molecule has 0 aliphatic heterocycles. The number of aryl methyl sites for hydroxylation is 2. The number of nitrogen functional groups attached to an aromatic ring is 1. The van der Waals surface area contributed by atoms with Crippen molar-refractivity contribution in [2.24, 2.45) is 10.7 Å². The van der Waals surface area contributed by atoms with Crippen LogP contribution in [0.2, 0.25) is 0 Å². The third-order valence-electron chi connectivity index (χ3n) is 4.63. The number of nitrogens with zero attached hydrogens (tertiary/aromatic N) is 3. The predicted octanol–water partition coefficient (Wildman–Crippen LogP) is 4.23. The molecule has 0 radical (unpaired) electrons. The van der Waals surface area contributed by atoms with Crippen LogP contribution in [0.25, 0.3) is 17.0 Å². The molecule has 0 atom stereocenters. The molecule has 0 unspecified atom stereocenters. The molecular weight excluding hydrogens is 346 g/mol. The zero-order valence-electron chi connectivity index (χ0n) is 16.3. The standard InChI is InChI=1S/C23H25N5/c1-4-16-9-11-18(12-10-16)20-14-26-22(24)21(28-20)23(25)27-15(3)19-8-6-7-17(5-2)13-19/h6-14H,3-5H2,1-2H3,(H2,24,26)(H2,25,27). The van der Waals surface area contributed by atoms with Gasteiger partial charge in [-0.25, -0.2) is 15.0 Å². The minimum atomic E-state index is 0.198. The molecule has 4 N–H and O–H groups in total. The molecule has 3 rings (SSSR count). The Hall–Kier alpha value is -3.47. The molecule has 0 saturated heterocycles. The van der Waals surface area contributed by atoms with Crippen molar-refractivity contribution in [2.45, 2.75) is 26.7 Å². The van der Waals surface area contributed by atoms with Crippen LogP contribution in [-0.2, 0) is 12.8 Å². The first-order valence-corrected chi connectivity index (χ1v) is 9.36. The van der Waals surface area contributed by atoms with E-state index in [1.54, 1.807) is 6.20 Å². The van der Waals surface area contributed by atoms with Crippen molar-refractivity contribution in [1.29, 1.82) is 0 Å². The molecule has 1 heterocycles. The number of rotatable bonds is 6. The Balaban J connectivity index is 1.92. The van der Waals surface area contributed by atoms with Crippen LogP contribution >= 0.6 is 0 Å². The van der Waals surface area contributed by atoms with Gasteiger partial charge in [-0.05, 0) is 35.6 Å². The van der Waals surface area contributed by atoms with E-state index in [1.165, 1.54) is 11.1 Å². The second-order valence-electron chi connectivity index (χ2n) is 6.54. The van der Waals surface area contributed by atoms with Gasteiger partial charge >= 0.3 is 0 Å². The van der Waals surface area contributed by atoms with E-state index in [4.69, 9.17) is 11.5 Å². The van der Waals surface area contributed by atoms with E-state index in [-0.39, 0.29) is 11.7 Å². The largest absolute Gasteiger partial charge is 0.382 e. The molecule has 28 heavy (non-hydrogen) atoms. The summed E-state index contributed by atoms with van der Waals surface area (Å²) in [6.45, 7) is 8.27. The van der Waals surface area contributed by atoms with Crippen LogP contribution in [0.4, 0.5) is 5.82 Å². The Bertz CT molecular complexity index is 1020. The quantitative estimate of drug-likeness (QED) is 0.501.